The Hall–Kier alpha value is -2.50. The Morgan fingerprint density at radius 2 is 2.11 bits per heavy atom. The Bertz CT molecular complexity index is 842. The van der Waals surface area contributed by atoms with Crippen molar-refractivity contribution in [3.63, 3.8) is 0 Å². The fraction of sp³-hybridized carbons (Fsp3) is 0.476. The molecule has 0 saturated heterocycles. The SMILES string of the molecule is Cc1cc2c(nc1NC(=O)CC(C)(C)C)[C@H](C)CN2Cc1ccc(F)nc1. The molecule has 0 fully saturated rings. The molecule has 5 nitrogen and oxygen atoms in total. The smallest absolute Gasteiger partial charge is 0.226 e. The van der Waals surface area contributed by atoms with E-state index in [-0.39, 0.29) is 17.2 Å². The van der Waals surface area contributed by atoms with Crippen molar-refractivity contribution in [2.75, 3.05) is 16.8 Å². The summed E-state index contributed by atoms with van der Waals surface area (Å²) in [7, 11) is 0. The number of carbonyl (C=O) groups is 1. The van der Waals surface area contributed by atoms with Crippen LogP contribution in [-0.4, -0.2) is 22.4 Å². The fourth-order valence-electron chi connectivity index (χ4n) is 3.40. The first kappa shape index (κ1) is 19.3. The number of nitrogens with zero attached hydrogens (tertiary/aromatic N) is 3. The van der Waals surface area contributed by atoms with Gasteiger partial charge in [0, 0.05) is 31.6 Å². The number of fused-ring (bicyclic) bond motifs is 1. The molecule has 2 aromatic rings. The van der Waals surface area contributed by atoms with Gasteiger partial charge in [-0.1, -0.05) is 33.8 Å². The number of hydrogen-bond donors (Lipinski definition) is 1. The molecule has 0 unspecified atom stereocenters. The van der Waals surface area contributed by atoms with Crippen molar-refractivity contribution in [1.82, 2.24) is 9.97 Å². The molecule has 0 aliphatic carbocycles. The second kappa shape index (κ2) is 7.25. The zero-order valence-corrected chi connectivity index (χ0v) is 16.6. The maximum atomic E-state index is 13.0. The summed E-state index contributed by atoms with van der Waals surface area (Å²) in [5.41, 5.74) is 3.88. The number of pyridine rings is 2. The lowest BCUT2D eigenvalue weighted by atomic mass is 9.92. The molecule has 1 aliphatic heterocycles. The lowest BCUT2D eigenvalue weighted by Crippen LogP contribution is -2.21. The van der Waals surface area contributed by atoms with E-state index < -0.39 is 5.95 Å². The lowest BCUT2D eigenvalue weighted by molar-refractivity contribution is -0.117. The molecular weight excluding hydrogens is 343 g/mol. The van der Waals surface area contributed by atoms with Gasteiger partial charge in [-0.3, -0.25) is 4.79 Å². The van der Waals surface area contributed by atoms with Crippen molar-refractivity contribution in [3.8, 4) is 0 Å². The first-order valence-corrected chi connectivity index (χ1v) is 9.29. The highest BCUT2D eigenvalue weighted by Crippen LogP contribution is 2.38. The first-order chi connectivity index (χ1) is 12.6. The van der Waals surface area contributed by atoms with Crippen molar-refractivity contribution < 1.29 is 9.18 Å². The minimum Gasteiger partial charge on any atom is -0.365 e. The molecule has 144 valence electrons. The van der Waals surface area contributed by atoms with Gasteiger partial charge in [-0.25, -0.2) is 9.97 Å². The third-order valence-corrected chi connectivity index (χ3v) is 4.63. The Balaban J connectivity index is 1.81. The van der Waals surface area contributed by atoms with E-state index in [1.807, 2.05) is 27.7 Å². The van der Waals surface area contributed by atoms with Crippen LogP contribution in [0.3, 0.4) is 0 Å². The predicted octanol–water partition coefficient (Wildman–Crippen LogP) is 4.42. The number of aryl methyl sites for hydroxylation is 1. The summed E-state index contributed by atoms with van der Waals surface area (Å²) in [5, 5.41) is 2.97. The van der Waals surface area contributed by atoms with Gasteiger partial charge < -0.3 is 10.2 Å². The summed E-state index contributed by atoms with van der Waals surface area (Å²) in [5.74, 6) is 0.410. The van der Waals surface area contributed by atoms with Gasteiger partial charge in [0.15, 0.2) is 0 Å². The Labute approximate surface area is 160 Å². The van der Waals surface area contributed by atoms with Crippen molar-refractivity contribution in [2.24, 2.45) is 5.41 Å². The van der Waals surface area contributed by atoms with Crippen LogP contribution >= 0.6 is 0 Å². The van der Waals surface area contributed by atoms with Crippen LogP contribution in [0.1, 0.15) is 56.9 Å². The second-order valence-corrected chi connectivity index (χ2v) is 8.61. The van der Waals surface area contributed by atoms with Gasteiger partial charge in [-0.2, -0.15) is 4.39 Å². The molecule has 3 rings (SSSR count). The summed E-state index contributed by atoms with van der Waals surface area (Å²) in [6.45, 7) is 11.7. The average molecular weight is 370 g/mol. The van der Waals surface area contributed by atoms with Gasteiger partial charge in [0.05, 0.1) is 11.4 Å². The number of anilines is 2. The molecule has 0 bridgehead atoms. The van der Waals surface area contributed by atoms with Gasteiger partial charge in [-0.15, -0.1) is 0 Å². The zero-order chi connectivity index (χ0) is 19.8. The number of nitrogens with one attached hydrogen (secondary N) is 1. The van der Waals surface area contributed by atoms with Crippen LogP contribution in [0, 0.1) is 18.3 Å². The number of rotatable bonds is 4. The van der Waals surface area contributed by atoms with E-state index in [0.717, 1.165) is 29.1 Å². The minimum atomic E-state index is -0.470. The van der Waals surface area contributed by atoms with Crippen molar-refractivity contribution in [3.05, 3.63) is 47.2 Å². The summed E-state index contributed by atoms with van der Waals surface area (Å²) >= 11 is 0. The number of hydrogen-bond acceptors (Lipinski definition) is 4. The van der Waals surface area contributed by atoms with Crippen LogP contribution in [0.2, 0.25) is 0 Å². The Morgan fingerprint density at radius 3 is 2.74 bits per heavy atom. The van der Waals surface area contributed by atoms with E-state index in [2.05, 4.69) is 28.2 Å². The molecule has 2 aromatic heterocycles. The molecule has 0 spiro atoms. The van der Waals surface area contributed by atoms with Crippen LogP contribution in [0.15, 0.2) is 24.4 Å². The lowest BCUT2D eigenvalue weighted by Gasteiger charge is -2.21. The van der Waals surface area contributed by atoms with E-state index in [1.54, 1.807) is 12.3 Å². The highest BCUT2D eigenvalue weighted by Gasteiger charge is 2.29. The molecule has 0 saturated carbocycles. The van der Waals surface area contributed by atoms with Gasteiger partial charge in [0.1, 0.15) is 5.82 Å². The van der Waals surface area contributed by atoms with Gasteiger partial charge in [0.25, 0.3) is 0 Å². The van der Waals surface area contributed by atoms with E-state index in [1.165, 1.54) is 6.07 Å². The Morgan fingerprint density at radius 1 is 1.37 bits per heavy atom. The molecule has 1 atom stereocenters. The molecule has 27 heavy (non-hydrogen) atoms. The predicted molar refractivity (Wildman–Crippen MR) is 105 cm³/mol. The van der Waals surface area contributed by atoms with E-state index in [0.29, 0.717) is 18.8 Å². The monoisotopic (exact) mass is 370 g/mol. The highest BCUT2D eigenvalue weighted by atomic mass is 19.1. The van der Waals surface area contributed by atoms with Crippen molar-refractivity contribution in [1.29, 1.82) is 0 Å². The summed E-state index contributed by atoms with van der Waals surface area (Å²) in [6.07, 6.45) is 2.02. The first-order valence-electron chi connectivity index (χ1n) is 9.29. The molecule has 1 aliphatic rings. The molecule has 3 heterocycles. The van der Waals surface area contributed by atoms with Crippen LogP contribution < -0.4 is 10.2 Å². The van der Waals surface area contributed by atoms with Crippen molar-refractivity contribution in [2.45, 2.75) is 53.5 Å². The quantitative estimate of drug-likeness (QED) is 0.809. The highest BCUT2D eigenvalue weighted by molar-refractivity contribution is 5.91. The number of aromatic nitrogens is 2. The van der Waals surface area contributed by atoms with Crippen LogP contribution in [-0.2, 0) is 11.3 Å². The second-order valence-electron chi connectivity index (χ2n) is 8.61. The van der Waals surface area contributed by atoms with Crippen LogP contribution in [0.4, 0.5) is 15.9 Å². The average Bonchev–Trinajstić information content (AvgIpc) is 2.84. The number of halogens is 1. The summed E-state index contributed by atoms with van der Waals surface area (Å²) in [4.78, 5) is 23.0. The standard InChI is InChI=1S/C21H27FN4O/c1-13-8-16-19(25-20(13)24-18(27)9-21(3,4)5)14(2)11-26(16)12-15-6-7-17(22)23-10-15/h6-8,10,14H,9,11-12H2,1-5H3,(H,24,25,27)/t14-/m1/s1. The maximum Gasteiger partial charge on any atom is 0.226 e. The molecule has 0 aromatic carbocycles. The molecule has 1 amide bonds. The van der Waals surface area contributed by atoms with E-state index in [4.69, 9.17) is 4.98 Å². The normalized spacial score (nSPS) is 16.4. The molecule has 1 N–H and O–H groups in total. The topological polar surface area (TPSA) is 58.1 Å². The molecular formula is C21H27FN4O. The third kappa shape index (κ3) is 4.62. The van der Waals surface area contributed by atoms with E-state index in [9.17, 15) is 9.18 Å². The van der Waals surface area contributed by atoms with Gasteiger partial charge in [0.2, 0.25) is 11.9 Å². The summed E-state index contributed by atoms with van der Waals surface area (Å²) < 4.78 is 13.0. The van der Waals surface area contributed by atoms with E-state index >= 15 is 0 Å². The van der Waals surface area contributed by atoms with Gasteiger partial charge >= 0.3 is 0 Å². The molecule has 6 heteroatoms. The fourth-order valence-corrected chi connectivity index (χ4v) is 3.40. The van der Waals surface area contributed by atoms with Crippen LogP contribution in [0.25, 0.3) is 0 Å². The minimum absolute atomic E-state index is 0.0158. The van der Waals surface area contributed by atoms with Gasteiger partial charge in [-0.05, 0) is 35.6 Å². The number of carbonyl (C=O) groups excluding carboxylic acids is 1. The Kier molecular flexibility index (Phi) is 5.18. The zero-order valence-electron chi connectivity index (χ0n) is 16.6. The number of amides is 1. The van der Waals surface area contributed by atoms with Crippen LogP contribution in [0.5, 0.6) is 0 Å². The molecule has 0 radical (unpaired) electrons. The summed E-state index contributed by atoms with van der Waals surface area (Å²) in [6, 6.07) is 5.22. The third-order valence-electron chi connectivity index (χ3n) is 4.63. The van der Waals surface area contributed by atoms with Crippen molar-refractivity contribution >= 4 is 17.4 Å². The largest absolute Gasteiger partial charge is 0.365 e. The maximum absolute atomic E-state index is 13.0.